The summed E-state index contributed by atoms with van der Waals surface area (Å²) < 4.78 is 28.9. The first-order valence-corrected chi connectivity index (χ1v) is 5.86. The molecule has 0 amide bonds. The van der Waals surface area contributed by atoms with Gasteiger partial charge in [0.25, 0.3) is 0 Å². The number of aryl methyl sites for hydroxylation is 1. The summed E-state index contributed by atoms with van der Waals surface area (Å²) in [4.78, 5) is 7.89. The predicted octanol–water partition coefficient (Wildman–Crippen LogP) is 1.76. The molecule has 0 aliphatic heterocycles. The first-order valence-electron chi connectivity index (χ1n) is 5.86. The van der Waals surface area contributed by atoms with E-state index in [9.17, 15) is 8.78 Å². The van der Waals surface area contributed by atoms with E-state index in [1.165, 1.54) is 16.9 Å². The molecule has 2 heterocycles. The second kappa shape index (κ2) is 4.49. The van der Waals surface area contributed by atoms with Crippen LogP contribution in [0.25, 0.3) is 22.3 Å². The molecule has 2 N–H and O–H groups in total. The van der Waals surface area contributed by atoms with E-state index in [1.54, 1.807) is 7.05 Å². The number of fused-ring (bicyclic) bond motifs is 1. The van der Waals surface area contributed by atoms with Crippen LogP contribution in [0.5, 0.6) is 0 Å². The number of hydrogen-bond acceptors (Lipinski definition) is 5. The Morgan fingerprint density at radius 3 is 2.57 bits per heavy atom. The molecule has 104 valence electrons. The number of aromatic nitrogens is 4. The molecule has 0 aliphatic carbocycles. The van der Waals surface area contributed by atoms with Crippen molar-refractivity contribution in [2.24, 2.45) is 7.05 Å². The summed E-state index contributed by atoms with van der Waals surface area (Å²) in [7, 11) is 1.63. The molecular formula is C13H8F2N6. The number of nitrogens with zero attached hydrogens (tertiary/aromatic N) is 5. The van der Waals surface area contributed by atoms with Gasteiger partial charge in [0, 0.05) is 18.8 Å². The van der Waals surface area contributed by atoms with Gasteiger partial charge in [0.15, 0.2) is 5.65 Å². The fourth-order valence-corrected chi connectivity index (χ4v) is 2.08. The lowest BCUT2D eigenvalue weighted by atomic mass is 10.1. The van der Waals surface area contributed by atoms with E-state index in [0.717, 1.165) is 12.1 Å². The standard InChI is InChI=1S/C13H8F2N6/c1-21-12-8(5-18-13(17)19-12)11(20-21)6-2-9(14)7(4-16)10(15)3-6/h2-3,5H,1H3,(H2,17,18,19). The van der Waals surface area contributed by atoms with Gasteiger partial charge in [-0.05, 0) is 12.1 Å². The highest BCUT2D eigenvalue weighted by atomic mass is 19.1. The van der Waals surface area contributed by atoms with Crippen molar-refractivity contribution < 1.29 is 8.78 Å². The zero-order valence-electron chi connectivity index (χ0n) is 10.8. The van der Waals surface area contributed by atoms with Crippen LogP contribution in [0.1, 0.15) is 5.56 Å². The zero-order valence-corrected chi connectivity index (χ0v) is 10.8. The van der Waals surface area contributed by atoms with Crippen molar-refractivity contribution in [1.82, 2.24) is 19.7 Å². The van der Waals surface area contributed by atoms with Crippen molar-refractivity contribution in [3.05, 3.63) is 35.5 Å². The van der Waals surface area contributed by atoms with Crippen LogP contribution < -0.4 is 5.73 Å². The van der Waals surface area contributed by atoms with Crippen LogP contribution in [0.4, 0.5) is 14.7 Å². The average molecular weight is 286 g/mol. The van der Waals surface area contributed by atoms with Crippen molar-refractivity contribution in [3.8, 4) is 17.3 Å². The molecule has 0 saturated heterocycles. The maximum atomic E-state index is 13.7. The van der Waals surface area contributed by atoms with Gasteiger partial charge in [-0.2, -0.15) is 15.3 Å². The van der Waals surface area contributed by atoms with Crippen LogP contribution >= 0.6 is 0 Å². The molecule has 0 saturated carbocycles. The molecule has 0 spiro atoms. The minimum atomic E-state index is -0.942. The monoisotopic (exact) mass is 286 g/mol. The quantitative estimate of drug-likeness (QED) is 0.735. The molecule has 21 heavy (non-hydrogen) atoms. The first kappa shape index (κ1) is 12.9. The van der Waals surface area contributed by atoms with E-state index in [2.05, 4.69) is 15.1 Å². The van der Waals surface area contributed by atoms with Crippen molar-refractivity contribution in [1.29, 1.82) is 5.26 Å². The Balaban J connectivity index is 2.29. The third-order valence-corrected chi connectivity index (χ3v) is 3.03. The number of nitrogens with two attached hydrogens (primary N) is 1. The average Bonchev–Trinajstić information content (AvgIpc) is 2.75. The van der Waals surface area contributed by atoms with E-state index >= 15 is 0 Å². The highest BCUT2D eigenvalue weighted by molar-refractivity contribution is 5.91. The summed E-state index contributed by atoms with van der Waals surface area (Å²) >= 11 is 0. The fourth-order valence-electron chi connectivity index (χ4n) is 2.08. The van der Waals surface area contributed by atoms with Crippen LogP contribution in [-0.4, -0.2) is 19.7 Å². The lowest BCUT2D eigenvalue weighted by Crippen LogP contribution is -1.97. The molecule has 6 nitrogen and oxygen atoms in total. The maximum Gasteiger partial charge on any atom is 0.222 e. The van der Waals surface area contributed by atoms with Crippen molar-refractivity contribution in [2.75, 3.05) is 5.73 Å². The second-order valence-electron chi connectivity index (χ2n) is 4.36. The zero-order chi connectivity index (χ0) is 15.1. The number of halogens is 2. The number of hydrogen-bond donors (Lipinski definition) is 1. The van der Waals surface area contributed by atoms with Crippen LogP contribution in [-0.2, 0) is 7.05 Å². The Bertz CT molecular complexity index is 886. The lowest BCUT2D eigenvalue weighted by molar-refractivity contribution is 0.577. The summed E-state index contributed by atoms with van der Waals surface area (Å²) in [6.07, 6.45) is 1.44. The Morgan fingerprint density at radius 2 is 1.95 bits per heavy atom. The first-order chi connectivity index (χ1) is 10.0. The molecule has 3 rings (SSSR count). The van der Waals surface area contributed by atoms with Gasteiger partial charge in [-0.3, -0.25) is 0 Å². The number of benzene rings is 1. The molecule has 8 heteroatoms. The van der Waals surface area contributed by atoms with E-state index in [-0.39, 0.29) is 11.5 Å². The molecule has 0 unspecified atom stereocenters. The van der Waals surface area contributed by atoms with Crippen molar-refractivity contribution in [2.45, 2.75) is 0 Å². The molecule has 0 radical (unpaired) electrons. The summed E-state index contributed by atoms with van der Waals surface area (Å²) in [5, 5.41) is 13.4. The van der Waals surface area contributed by atoms with Gasteiger partial charge in [-0.15, -0.1) is 0 Å². The molecule has 2 aromatic heterocycles. The lowest BCUT2D eigenvalue weighted by Gasteiger charge is -2.01. The van der Waals surface area contributed by atoms with E-state index in [4.69, 9.17) is 11.0 Å². The third-order valence-electron chi connectivity index (χ3n) is 3.03. The molecule has 0 fully saturated rings. The molecule has 1 aromatic carbocycles. The molecule has 0 atom stereocenters. The normalized spacial score (nSPS) is 10.8. The Morgan fingerprint density at radius 1 is 1.29 bits per heavy atom. The highest BCUT2D eigenvalue weighted by Crippen LogP contribution is 2.28. The third kappa shape index (κ3) is 1.95. The minimum absolute atomic E-state index is 0.0780. The van der Waals surface area contributed by atoms with E-state index < -0.39 is 17.2 Å². The summed E-state index contributed by atoms with van der Waals surface area (Å²) in [5.74, 6) is -1.81. The predicted molar refractivity (Wildman–Crippen MR) is 70.8 cm³/mol. The van der Waals surface area contributed by atoms with Crippen molar-refractivity contribution in [3.63, 3.8) is 0 Å². The molecule has 3 aromatic rings. The molecule has 0 bridgehead atoms. The maximum absolute atomic E-state index is 13.7. The second-order valence-corrected chi connectivity index (χ2v) is 4.36. The Hall–Kier alpha value is -3.08. The molecular weight excluding hydrogens is 278 g/mol. The van der Waals surface area contributed by atoms with E-state index in [1.807, 2.05) is 0 Å². The van der Waals surface area contributed by atoms with Gasteiger partial charge in [0.1, 0.15) is 29.0 Å². The fraction of sp³-hybridized carbons (Fsp3) is 0.0769. The van der Waals surface area contributed by atoms with Gasteiger partial charge in [-0.25, -0.2) is 18.4 Å². The number of anilines is 1. The van der Waals surface area contributed by atoms with E-state index in [0.29, 0.717) is 16.7 Å². The summed E-state index contributed by atoms with van der Waals surface area (Å²) in [6, 6.07) is 3.59. The molecule has 0 aliphatic rings. The number of nitriles is 1. The smallest absolute Gasteiger partial charge is 0.222 e. The van der Waals surface area contributed by atoms with Gasteiger partial charge >= 0.3 is 0 Å². The number of rotatable bonds is 1. The van der Waals surface area contributed by atoms with Crippen LogP contribution in [0.2, 0.25) is 0 Å². The minimum Gasteiger partial charge on any atom is -0.368 e. The largest absolute Gasteiger partial charge is 0.368 e. The topological polar surface area (TPSA) is 93.4 Å². The SMILES string of the molecule is Cn1nc(-c2cc(F)c(C#N)c(F)c2)c2cnc(N)nc21. The van der Waals surface area contributed by atoms with Crippen LogP contribution in [0, 0.1) is 23.0 Å². The summed E-state index contributed by atoms with van der Waals surface area (Å²) in [5.41, 5.74) is 5.84. The number of nitrogen functional groups attached to an aromatic ring is 1. The van der Waals surface area contributed by atoms with Crippen LogP contribution in [0.15, 0.2) is 18.3 Å². The summed E-state index contributed by atoms with van der Waals surface area (Å²) in [6.45, 7) is 0. The Kier molecular flexibility index (Phi) is 2.76. The van der Waals surface area contributed by atoms with Gasteiger partial charge < -0.3 is 5.73 Å². The van der Waals surface area contributed by atoms with Gasteiger partial charge in [0.2, 0.25) is 5.95 Å². The Labute approximate surface area is 117 Å². The highest BCUT2D eigenvalue weighted by Gasteiger charge is 2.17. The van der Waals surface area contributed by atoms with Crippen LogP contribution in [0.3, 0.4) is 0 Å². The van der Waals surface area contributed by atoms with Gasteiger partial charge in [-0.1, -0.05) is 0 Å². The van der Waals surface area contributed by atoms with Crippen molar-refractivity contribution >= 4 is 17.0 Å². The van der Waals surface area contributed by atoms with Gasteiger partial charge in [0.05, 0.1) is 5.39 Å².